The van der Waals surface area contributed by atoms with Crippen LogP contribution in [0.4, 0.5) is 0 Å². The maximum absolute atomic E-state index is 11.8. The van der Waals surface area contributed by atoms with Gasteiger partial charge in [0, 0.05) is 12.0 Å². The third kappa shape index (κ3) is 3.20. The first-order valence-electron chi connectivity index (χ1n) is 5.03. The molecule has 1 aromatic rings. The summed E-state index contributed by atoms with van der Waals surface area (Å²) < 4.78 is 0. The summed E-state index contributed by atoms with van der Waals surface area (Å²) >= 11 is 0. The average Bonchev–Trinajstić information content (AvgIpc) is 2.29. The lowest BCUT2D eigenvalue weighted by atomic mass is 10.1. The molecular formula is C12H15NO2. The fourth-order valence-electron chi connectivity index (χ4n) is 1.26. The van der Waals surface area contributed by atoms with Gasteiger partial charge < -0.3 is 5.32 Å². The molecular weight excluding hydrogens is 190 g/mol. The highest BCUT2D eigenvalue weighted by Gasteiger charge is 2.15. The lowest BCUT2D eigenvalue weighted by Crippen LogP contribution is -2.38. The Hall–Kier alpha value is -1.64. The van der Waals surface area contributed by atoms with Crippen molar-refractivity contribution in [1.82, 2.24) is 5.32 Å². The monoisotopic (exact) mass is 205 g/mol. The fourth-order valence-corrected chi connectivity index (χ4v) is 1.26. The van der Waals surface area contributed by atoms with Crippen LogP contribution in [-0.2, 0) is 4.79 Å². The molecule has 0 aliphatic carbocycles. The Morgan fingerprint density at radius 2 is 1.87 bits per heavy atom. The molecule has 1 N–H and O–H groups in total. The molecule has 0 saturated carbocycles. The molecule has 80 valence electrons. The fraction of sp³-hybridized carbons (Fsp3) is 0.333. The van der Waals surface area contributed by atoms with Crippen LogP contribution in [0.25, 0.3) is 0 Å². The van der Waals surface area contributed by atoms with E-state index in [1.54, 1.807) is 26.0 Å². The number of amides is 1. The van der Waals surface area contributed by atoms with Crippen molar-refractivity contribution in [2.24, 2.45) is 0 Å². The summed E-state index contributed by atoms with van der Waals surface area (Å²) in [5.41, 5.74) is 0.626. The highest BCUT2D eigenvalue weighted by molar-refractivity contribution is 6.01. The molecule has 0 radical (unpaired) electrons. The number of carbonyl (C=O) groups is 2. The lowest BCUT2D eigenvalue weighted by molar-refractivity contribution is -0.121. The molecule has 1 atom stereocenters. The zero-order valence-electron chi connectivity index (χ0n) is 8.99. The Balaban J connectivity index is 2.65. The van der Waals surface area contributed by atoms with Gasteiger partial charge in [-0.2, -0.15) is 0 Å². The standard InChI is InChI=1S/C12H15NO2/c1-3-11(14)13-9(2)12(15)10-7-5-4-6-8-10/h4-9H,3H2,1-2H3,(H,13,14). The van der Waals surface area contributed by atoms with Gasteiger partial charge in [0.2, 0.25) is 5.91 Å². The minimum Gasteiger partial charge on any atom is -0.346 e. The van der Waals surface area contributed by atoms with Crippen molar-refractivity contribution in [3.63, 3.8) is 0 Å². The Kier molecular flexibility index (Phi) is 4.03. The van der Waals surface area contributed by atoms with Crippen molar-refractivity contribution in [1.29, 1.82) is 0 Å². The molecule has 3 nitrogen and oxygen atoms in total. The number of carbonyl (C=O) groups excluding carboxylic acids is 2. The Bertz CT molecular complexity index is 346. The molecule has 0 fully saturated rings. The second kappa shape index (κ2) is 5.29. The first-order valence-corrected chi connectivity index (χ1v) is 5.03. The van der Waals surface area contributed by atoms with Crippen LogP contribution in [0.5, 0.6) is 0 Å². The summed E-state index contributed by atoms with van der Waals surface area (Å²) in [6.07, 6.45) is 0.395. The van der Waals surface area contributed by atoms with Crippen LogP contribution in [-0.4, -0.2) is 17.7 Å². The van der Waals surface area contributed by atoms with Crippen molar-refractivity contribution in [3.8, 4) is 0 Å². The van der Waals surface area contributed by atoms with Crippen LogP contribution < -0.4 is 5.32 Å². The minimum atomic E-state index is -0.458. The van der Waals surface area contributed by atoms with Crippen LogP contribution in [0, 0.1) is 0 Å². The number of nitrogens with one attached hydrogen (secondary N) is 1. The average molecular weight is 205 g/mol. The van der Waals surface area contributed by atoms with Crippen molar-refractivity contribution in [2.75, 3.05) is 0 Å². The van der Waals surface area contributed by atoms with Gasteiger partial charge >= 0.3 is 0 Å². The normalized spacial score (nSPS) is 11.9. The molecule has 1 rings (SSSR count). The smallest absolute Gasteiger partial charge is 0.220 e. The largest absolute Gasteiger partial charge is 0.346 e. The van der Waals surface area contributed by atoms with E-state index in [2.05, 4.69) is 5.32 Å². The third-order valence-corrected chi connectivity index (χ3v) is 2.15. The summed E-state index contributed by atoms with van der Waals surface area (Å²) in [5.74, 6) is -0.163. The zero-order valence-corrected chi connectivity index (χ0v) is 8.99. The molecule has 0 heterocycles. The van der Waals surface area contributed by atoms with E-state index in [0.29, 0.717) is 12.0 Å². The quantitative estimate of drug-likeness (QED) is 0.762. The van der Waals surface area contributed by atoms with Gasteiger partial charge in [0.15, 0.2) is 5.78 Å². The molecule has 0 aliphatic heterocycles. The molecule has 1 unspecified atom stereocenters. The van der Waals surface area contributed by atoms with Crippen LogP contribution in [0.3, 0.4) is 0 Å². The molecule has 0 aromatic heterocycles. The highest BCUT2D eigenvalue weighted by atomic mass is 16.2. The summed E-state index contributed by atoms with van der Waals surface area (Å²) in [5, 5.41) is 2.64. The maximum Gasteiger partial charge on any atom is 0.220 e. The summed E-state index contributed by atoms with van der Waals surface area (Å²) in [7, 11) is 0. The van der Waals surface area contributed by atoms with E-state index in [9.17, 15) is 9.59 Å². The highest BCUT2D eigenvalue weighted by Crippen LogP contribution is 2.03. The van der Waals surface area contributed by atoms with Gasteiger partial charge in [0.25, 0.3) is 0 Å². The van der Waals surface area contributed by atoms with Gasteiger partial charge in [-0.05, 0) is 6.92 Å². The van der Waals surface area contributed by atoms with Crippen LogP contribution in [0.15, 0.2) is 30.3 Å². The van der Waals surface area contributed by atoms with Crippen LogP contribution in [0.2, 0.25) is 0 Å². The number of benzene rings is 1. The third-order valence-electron chi connectivity index (χ3n) is 2.15. The second-order valence-electron chi connectivity index (χ2n) is 3.37. The van der Waals surface area contributed by atoms with Gasteiger partial charge in [0.1, 0.15) is 0 Å². The van der Waals surface area contributed by atoms with Gasteiger partial charge in [-0.1, -0.05) is 37.3 Å². The molecule has 0 bridgehead atoms. The molecule has 15 heavy (non-hydrogen) atoms. The van der Waals surface area contributed by atoms with E-state index in [-0.39, 0.29) is 11.7 Å². The van der Waals surface area contributed by atoms with E-state index in [1.165, 1.54) is 0 Å². The van der Waals surface area contributed by atoms with Crippen LogP contribution in [0.1, 0.15) is 30.6 Å². The van der Waals surface area contributed by atoms with E-state index in [0.717, 1.165) is 0 Å². The predicted octanol–water partition coefficient (Wildman–Crippen LogP) is 1.78. The number of hydrogen-bond donors (Lipinski definition) is 1. The van der Waals surface area contributed by atoms with Crippen LogP contribution >= 0.6 is 0 Å². The number of hydrogen-bond acceptors (Lipinski definition) is 2. The molecule has 1 amide bonds. The minimum absolute atomic E-state index is 0.0580. The van der Waals surface area contributed by atoms with Gasteiger partial charge in [-0.3, -0.25) is 9.59 Å². The van der Waals surface area contributed by atoms with Crippen molar-refractivity contribution >= 4 is 11.7 Å². The van der Waals surface area contributed by atoms with Crippen molar-refractivity contribution < 1.29 is 9.59 Å². The summed E-state index contributed by atoms with van der Waals surface area (Å²) in [6, 6.07) is 8.50. The SMILES string of the molecule is CCC(=O)NC(C)C(=O)c1ccccc1. The first kappa shape index (κ1) is 11.4. The zero-order chi connectivity index (χ0) is 11.3. The Morgan fingerprint density at radius 3 is 2.40 bits per heavy atom. The Morgan fingerprint density at radius 1 is 1.27 bits per heavy atom. The van der Waals surface area contributed by atoms with E-state index >= 15 is 0 Å². The molecule has 0 spiro atoms. The summed E-state index contributed by atoms with van der Waals surface area (Å²) in [6.45, 7) is 3.46. The lowest BCUT2D eigenvalue weighted by Gasteiger charge is -2.11. The van der Waals surface area contributed by atoms with E-state index < -0.39 is 6.04 Å². The van der Waals surface area contributed by atoms with Gasteiger partial charge in [-0.25, -0.2) is 0 Å². The van der Waals surface area contributed by atoms with Crippen molar-refractivity contribution in [2.45, 2.75) is 26.3 Å². The van der Waals surface area contributed by atoms with E-state index in [4.69, 9.17) is 0 Å². The maximum atomic E-state index is 11.8. The topological polar surface area (TPSA) is 46.2 Å². The second-order valence-corrected chi connectivity index (χ2v) is 3.37. The predicted molar refractivity (Wildman–Crippen MR) is 58.7 cm³/mol. The molecule has 0 aliphatic rings. The Labute approximate surface area is 89.5 Å². The van der Waals surface area contributed by atoms with E-state index in [1.807, 2.05) is 18.2 Å². The number of Topliss-reactive ketones (excluding diaryl/α,β-unsaturated/α-hetero) is 1. The molecule has 1 aromatic carbocycles. The number of ketones is 1. The molecule has 3 heteroatoms. The van der Waals surface area contributed by atoms with Gasteiger partial charge in [0.05, 0.1) is 6.04 Å². The van der Waals surface area contributed by atoms with Gasteiger partial charge in [-0.15, -0.1) is 0 Å². The van der Waals surface area contributed by atoms with Crippen molar-refractivity contribution in [3.05, 3.63) is 35.9 Å². The summed E-state index contributed by atoms with van der Waals surface area (Å²) in [4.78, 5) is 22.9. The first-order chi connectivity index (χ1) is 7.15. The number of rotatable bonds is 4. The molecule has 0 saturated heterocycles.